The summed E-state index contributed by atoms with van der Waals surface area (Å²) in [7, 11) is 0. The van der Waals surface area contributed by atoms with Crippen LogP contribution in [-0.4, -0.2) is 35.6 Å². The Morgan fingerprint density at radius 2 is 1.94 bits per heavy atom. The van der Waals surface area contributed by atoms with Gasteiger partial charge in [0.1, 0.15) is 0 Å². The van der Waals surface area contributed by atoms with Gasteiger partial charge in [-0.05, 0) is 33.1 Å². The molecule has 0 amide bonds. The molecule has 0 aromatic carbocycles. The molecule has 1 aliphatic heterocycles. The Kier molecular flexibility index (Phi) is 4.81. The molecule has 16 heavy (non-hydrogen) atoms. The minimum atomic E-state index is 0.306. The molecular weight excluding hydrogens is 196 g/mol. The van der Waals surface area contributed by atoms with Crippen molar-refractivity contribution in [2.75, 3.05) is 13.1 Å². The van der Waals surface area contributed by atoms with Gasteiger partial charge in [0.25, 0.3) is 0 Å². The van der Waals surface area contributed by atoms with Crippen molar-refractivity contribution in [1.82, 2.24) is 10.2 Å². The molecule has 1 aliphatic rings. The molecule has 1 N–H and O–H groups in total. The van der Waals surface area contributed by atoms with Gasteiger partial charge in [-0.3, -0.25) is 4.90 Å². The first-order valence-corrected chi connectivity index (χ1v) is 6.88. The van der Waals surface area contributed by atoms with E-state index in [-0.39, 0.29) is 0 Å². The second kappa shape index (κ2) is 5.50. The molecule has 2 nitrogen and oxygen atoms in total. The van der Waals surface area contributed by atoms with Gasteiger partial charge in [-0.25, -0.2) is 0 Å². The number of piperazine rings is 1. The number of nitrogens with one attached hydrogen (secondary N) is 1. The van der Waals surface area contributed by atoms with Crippen LogP contribution in [0.1, 0.15) is 54.4 Å². The van der Waals surface area contributed by atoms with E-state index < -0.39 is 0 Å². The zero-order valence-electron chi connectivity index (χ0n) is 12.0. The normalized spacial score (nSPS) is 28.3. The van der Waals surface area contributed by atoms with E-state index in [1.165, 1.54) is 19.4 Å². The molecular formula is C14H30N2. The molecule has 0 aliphatic carbocycles. The van der Waals surface area contributed by atoms with Gasteiger partial charge in [0, 0.05) is 30.7 Å². The third-order valence-electron chi connectivity index (χ3n) is 4.01. The summed E-state index contributed by atoms with van der Waals surface area (Å²) in [5, 5.41) is 3.69. The zero-order chi connectivity index (χ0) is 12.3. The van der Waals surface area contributed by atoms with E-state index in [9.17, 15) is 0 Å². The average Bonchev–Trinajstić information content (AvgIpc) is 2.16. The fraction of sp³-hybridized carbons (Fsp3) is 1.00. The first-order valence-electron chi connectivity index (χ1n) is 6.88. The SMILES string of the molecule is CCCC(C)N1CC(C(C)C)NCC1(C)C. The average molecular weight is 226 g/mol. The molecule has 1 rings (SSSR count). The fourth-order valence-electron chi connectivity index (χ4n) is 2.80. The molecule has 0 bridgehead atoms. The molecule has 0 saturated carbocycles. The molecule has 1 heterocycles. The van der Waals surface area contributed by atoms with Crippen LogP contribution >= 0.6 is 0 Å². The lowest BCUT2D eigenvalue weighted by Gasteiger charge is -2.50. The largest absolute Gasteiger partial charge is 0.311 e. The first kappa shape index (κ1) is 14.0. The lowest BCUT2D eigenvalue weighted by atomic mass is 9.90. The number of nitrogens with zero attached hydrogens (tertiary/aromatic N) is 1. The van der Waals surface area contributed by atoms with Crippen molar-refractivity contribution in [2.45, 2.75) is 72.0 Å². The number of rotatable bonds is 4. The Morgan fingerprint density at radius 3 is 2.44 bits per heavy atom. The third-order valence-corrected chi connectivity index (χ3v) is 4.01. The van der Waals surface area contributed by atoms with E-state index in [2.05, 4.69) is 51.8 Å². The smallest absolute Gasteiger partial charge is 0.0281 e. The topological polar surface area (TPSA) is 15.3 Å². The van der Waals surface area contributed by atoms with Gasteiger partial charge in [-0.1, -0.05) is 27.2 Å². The standard InChI is InChI=1S/C14H30N2/c1-7-8-12(4)16-9-13(11(2)3)15-10-14(16,5)6/h11-13,15H,7-10H2,1-6H3. The van der Waals surface area contributed by atoms with Crippen LogP contribution in [0.15, 0.2) is 0 Å². The van der Waals surface area contributed by atoms with Crippen molar-refractivity contribution in [1.29, 1.82) is 0 Å². The van der Waals surface area contributed by atoms with E-state index in [0.29, 0.717) is 17.6 Å². The predicted molar refractivity (Wildman–Crippen MR) is 71.8 cm³/mol. The highest BCUT2D eigenvalue weighted by atomic mass is 15.3. The van der Waals surface area contributed by atoms with E-state index in [4.69, 9.17) is 0 Å². The van der Waals surface area contributed by atoms with Gasteiger partial charge in [-0.2, -0.15) is 0 Å². The highest BCUT2D eigenvalue weighted by molar-refractivity contribution is 4.95. The molecule has 2 unspecified atom stereocenters. The van der Waals surface area contributed by atoms with Crippen LogP contribution in [-0.2, 0) is 0 Å². The second-order valence-corrected chi connectivity index (χ2v) is 6.33. The molecule has 1 saturated heterocycles. The van der Waals surface area contributed by atoms with Gasteiger partial charge in [0.05, 0.1) is 0 Å². The fourth-order valence-corrected chi connectivity index (χ4v) is 2.80. The Hall–Kier alpha value is -0.0800. The maximum Gasteiger partial charge on any atom is 0.0281 e. The molecule has 1 fully saturated rings. The van der Waals surface area contributed by atoms with Gasteiger partial charge < -0.3 is 5.32 Å². The van der Waals surface area contributed by atoms with Gasteiger partial charge in [-0.15, -0.1) is 0 Å². The maximum absolute atomic E-state index is 3.69. The van der Waals surface area contributed by atoms with E-state index in [0.717, 1.165) is 12.5 Å². The van der Waals surface area contributed by atoms with Crippen molar-refractivity contribution in [2.24, 2.45) is 5.92 Å². The van der Waals surface area contributed by atoms with Crippen LogP contribution in [0.25, 0.3) is 0 Å². The van der Waals surface area contributed by atoms with Crippen molar-refractivity contribution in [3.05, 3.63) is 0 Å². The van der Waals surface area contributed by atoms with Crippen LogP contribution in [0.3, 0.4) is 0 Å². The zero-order valence-corrected chi connectivity index (χ0v) is 12.0. The van der Waals surface area contributed by atoms with Crippen LogP contribution < -0.4 is 5.32 Å². The van der Waals surface area contributed by atoms with Gasteiger partial charge >= 0.3 is 0 Å². The van der Waals surface area contributed by atoms with Crippen LogP contribution in [0.2, 0.25) is 0 Å². The van der Waals surface area contributed by atoms with Gasteiger partial charge in [0.15, 0.2) is 0 Å². The third kappa shape index (κ3) is 3.21. The molecule has 2 heteroatoms. The lowest BCUT2D eigenvalue weighted by molar-refractivity contribution is 0.0190. The van der Waals surface area contributed by atoms with E-state index >= 15 is 0 Å². The predicted octanol–water partition coefficient (Wildman–Crippen LogP) is 2.88. The van der Waals surface area contributed by atoms with Crippen LogP contribution in [0, 0.1) is 5.92 Å². The highest BCUT2D eigenvalue weighted by Gasteiger charge is 2.36. The second-order valence-electron chi connectivity index (χ2n) is 6.33. The highest BCUT2D eigenvalue weighted by Crippen LogP contribution is 2.25. The van der Waals surface area contributed by atoms with Crippen molar-refractivity contribution in [3.8, 4) is 0 Å². The molecule has 0 aromatic heterocycles. The summed E-state index contributed by atoms with van der Waals surface area (Å²) >= 11 is 0. The molecule has 96 valence electrons. The quantitative estimate of drug-likeness (QED) is 0.793. The minimum absolute atomic E-state index is 0.306. The summed E-state index contributed by atoms with van der Waals surface area (Å²) in [5.41, 5.74) is 0.306. The maximum atomic E-state index is 3.69. The monoisotopic (exact) mass is 226 g/mol. The first-order chi connectivity index (χ1) is 7.38. The summed E-state index contributed by atoms with van der Waals surface area (Å²) in [5.74, 6) is 0.729. The molecule has 0 spiro atoms. The lowest BCUT2D eigenvalue weighted by Crippen LogP contribution is -2.65. The molecule has 2 atom stereocenters. The van der Waals surface area contributed by atoms with Gasteiger partial charge in [0.2, 0.25) is 0 Å². The molecule has 0 radical (unpaired) electrons. The Balaban J connectivity index is 2.68. The van der Waals surface area contributed by atoms with Crippen LogP contribution in [0.4, 0.5) is 0 Å². The van der Waals surface area contributed by atoms with Crippen molar-refractivity contribution >= 4 is 0 Å². The Morgan fingerprint density at radius 1 is 1.31 bits per heavy atom. The Labute approximate surface area is 102 Å². The summed E-state index contributed by atoms with van der Waals surface area (Å²) in [6, 6.07) is 1.37. The van der Waals surface area contributed by atoms with E-state index in [1.807, 2.05) is 0 Å². The summed E-state index contributed by atoms with van der Waals surface area (Å²) in [6.45, 7) is 16.3. The van der Waals surface area contributed by atoms with Crippen LogP contribution in [0.5, 0.6) is 0 Å². The summed E-state index contributed by atoms with van der Waals surface area (Å²) in [6.07, 6.45) is 2.60. The van der Waals surface area contributed by atoms with Crippen molar-refractivity contribution in [3.63, 3.8) is 0 Å². The molecule has 0 aromatic rings. The summed E-state index contributed by atoms with van der Waals surface area (Å²) in [4.78, 5) is 2.71. The number of hydrogen-bond donors (Lipinski definition) is 1. The minimum Gasteiger partial charge on any atom is -0.311 e. The number of hydrogen-bond acceptors (Lipinski definition) is 2. The van der Waals surface area contributed by atoms with E-state index in [1.54, 1.807) is 0 Å². The van der Waals surface area contributed by atoms with Crippen molar-refractivity contribution < 1.29 is 0 Å². The Bertz CT molecular complexity index is 211. The summed E-state index contributed by atoms with van der Waals surface area (Å²) < 4.78 is 0.